The molecule has 0 fully saturated rings. The highest BCUT2D eigenvalue weighted by Crippen LogP contribution is 2.43. The van der Waals surface area contributed by atoms with E-state index < -0.39 is 8.07 Å². The largest absolute Gasteiger partial charge is 0.456 e. The molecule has 0 unspecified atom stereocenters. The molecule has 0 radical (unpaired) electrons. The first-order valence-electron chi connectivity index (χ1n) is 20.5. The second-order valence-electron chi connectivity index (χ2n) is 16.0. The van der Waals surface area contributed by atoms with Crippen LogP contribution >= 0.6 is 0 Å². The number of para-hydroxylation sites is 3. The SMILES string of the molecule is c1ccc([Si](c2ccccc2)(c2ccccc2)c2cccc(N3c4ccccc4B4c5c3cccc5-n3c5cc6c(cc5c5cccc4c53)oc3ccccc36)c2)cc1. The zero-order valence-electron chi connectivity index (χ0n) is 32.1. The molecule has 0 saturated carbocycles. The average molecular weight is 767 g/mol. The van der Waals surface area contributed by atoms with Crippen LogP contribution in [0.1, 0.15) is 0 Å². The molecule has 4 heterocycles. The lowest BCUT2D eigenvalue weighted by molar-refractivity contribution is 0.669. The molecule has 0 saturated heterocycles. The van der Waals surface area contributed by atoms with Crippen molar-refractivity contribution in [1.82, 2.24) is 4.57 Å². The molecule has 2 aliphatic rings. The Bertz CT molecular complexity index is 3370. The number of hydrogen-bond acceptors (Lipinski definition) is 2. The van der Waals surface area contributed by atoms with E-state index in [4.69, 9.17) is 4.42 Å². The Balaban J connectivity index is 1.09. The fourth-order valence-electron chi connectivity index (χ4n) is 10.8. The van der Waals surface area contributed by atoms with Crippen molar-refractivity contribution in [3.05, 3.63) is 212 Å². The molecule has 3 nitrogen and oxygen atoms in total. The Labute approximate surface area is 343 Å². The Morgan fingerprint density at radius 2 is 0.966 bits per heavy atom. The maximum Gasteiger partial charge on any atom is 0.252 e. The minimum absolute atomic E-state index is 0.0765. The van der Waals surface area contributed by atoms with Gasteiger partial charge in [0.05, 0.1) is 5.52 Å². The van der Waals surface area contributed by atoms with E-state index in [0.29, 0.717) is 0 Å². The molecule has 0 N–H and O–H groups in total. The van der Waals surface area contributed by atoms with Crippen LogP contribution in [0.5, 0.6) is 0 Å². The molecular weight excluding hydrogens is 732 g/mol. The van der Waals surface area contributed by atoms with Crippen LogP contribution in [-0.2, 0) is 0 Å². The summed E-state index contributed by atoms with van der Waals surface area (Å²) in [7, 11) is -2.77. The van der Waals surface area contributed by atoms with Gasteiger partial charge in [0.1, 0.15) is 11.2 Å². The highest BCUT2D eigenvalue weighted by molar-refractivity contribution is 7.20. The molecule has 9 aromatic carbocycles. The summed E-state index contributed by atoms with van der Waals surface area (Å²) in [5.74, 6) is 0. The second kappa shape index (κ2) is 12.3. The first-order chi connectivity index (χ1) is 29.3. The minimum atomic E-state index is -2.77. The quantitative estimate of drug-likeness (QED) is 0.129. The number of benzene rings is 9. The van der Waals surface area contributed by atoms with E-state index >= 15 is 0 Å². The number of aromatic nitrogens is 1. The molecule has 5 heteroatoms. The van der Waals surface area contributed by atoms with Crippen LogP contribution in [0.4, 0.5) is 17.1 Å². The van der Waals surface area contributed by atoms with Crippen LogP contribution in [0.15, 0.2) is 217 Å². The average Bonchev–Trinajstić information content (AvgIpc) is 3.84. The van der Waals surface area contributed by atoms with Crippen molar-refractivity contribution in [3.8, 4) is 5.69 Å². The topological polar surface area (TPSA) is 21.3 Å². The zero-order chi connectivity index (χ0) is 38.7. The van der Waals surface area contributed by atoms with Crippen LogP contribution in [0.3, 0.4) is 0 Å². The van der Waals surface area contributed by atoms with Crippen molar-refractivity contribution in [2.45, 2.75) is 0 Å². The van der Waals surface area contributed by atoms with Crippen molar-refractivity contribution in [3.63, 3.8) is 0 Å². The Hall–Kier alpha value is -7.34. The van der Waals surface area contributed by atoms with Gasteiger partial charge < -0.3 is 13.9 Å². The molecule has 2 aliphatic heterocycles. The van der Waals surface area contributed by atoms with E-state index in [1.807, 2.05) is 6.07 Å². The molecular formula is C54H35BN2OSi. The lowest BCUT2D eigenvalue weighted by Gasteiger charge is -2.41. The van der Waals surface area contributed by atoms with Gasteiger partial charge in [-0.05, 0) is 85.7 Å². The monoisotopic (exact) mass is 766 g/mol. The van der Waals surface area contributed by atoms with Crippen LogP contribution in [0.2, 0.25) is 0 Å². The van der Waals surface area contributed by atoms with Crippen molar-refractivity contribution >= 4 is 113 Å². The number of rotatable bonds is 5. The summed E-state index contributed by atoms with van der Waals surface area (Å²) >= 11 is 0. The van der Waals surface area contributed by atoms with Gasteiger partial charge in [-0.15, -0.1) is 0 Å². The van der Waals surface area contributed by atoms with E-state index in [1.54, 1.807) is 0 Å². The highest BCUT2D eigenvalue weighted by atomic mass is 28.3. The molecule has 0 aliphatic carbocycles. The van der Waals surface area contributed by atoms with Gasteiger partial charge in [0, 0.05) is 49.8 Å². The number of anilines is 3. The van der Waals surface area contributed by atoms with Crippen molar-refractivity contribution in [2.24, 2.45) is 0 Å². The van der Waals surface area contributed by atoms with Crippen LogP contribution in [0.25, 0.3) is 49.4 Å². The maximum absolute atomic E-state index is 6.45. The third-order valence-corrected chi connectivity index (χ3v) is 17.9. The Morgan fingerprint density at radius 3 is 1.73 bits per heavy atom. The fourth-order valence-corrected chi connectivity index (χ4v) is 15.6. The van der Waals surface area contributed by atoms with Crippen LogP contribution in [0, 0.1) is 0 Å². The number of furan rings is 1. The van der Waals surface area contributed by atoms with E-state index in [9.17, 15) is 0 Å². The molecule has 13 rings (SSSR count). The van der Waals surface area contributed by atoms with Gasteiger partial charge in [-0.1, -0.05) is 164 Å². The summed E-state index contributed by atoms with van der Waals surface area (Å²) in [6, 6.07) is 79.0. The molecule has 11 aromatic rings. The number of fused-ring (bicyclic) bond motifs is 10. The lowest BCUT2D eigenvalue weighted by Crippen LogP contribution is -2.74. The van der Waals surface area contributed by atoms with E-state index in [-0.39, 0.29) is 6.71 Å². The Kier molecular flexibility index (Phi) is 6.84. The number of hydrogen-bond donors (Lipinski definition) is 0. The molecule has 0 bridgehead atoms. The van der Waals surface area contributed by atoms with Gasteiger partial charge in [-0.2, -0.15) is 0 Å². The highest BCUT2D eigenvalue weighted by Gasteiger charge is 2.44. The third-order valence-electron chi connectivity index (χ3n) is 13.1. The molecule has 0 amide bonds. The van der Waals surface area contributed by atoms with Gasteiger partial charge >= 0.3 is 0 Å². The first-order valence-corrected chi connectivity index (χ1v) is 22.5. The minimum Gasteiger partial charge on any atom is -0.456 e. The molecule has 0 spiro atoms. The van der Waals surface area contributed by atoms with E-state index in [2.05, 4.69) is 216 Å². The molecule has 59 heavy (non-hydrogen) atoms. The van der Waals surface area contributed by atoms with Crippen molar-refractivity contribution in [2.75, 3.05) is 4.90 Å². The van der Waals surface area contributed by atoms with Crippen molar-refractivity contribution < 1.29 is 4.42 Å². The normalized spacial score (nSPS) is 13.0. The fraction of sp³-hybridized carbons (Fsp3) is 0. The van der Waals surface area contributed by atoms with Gasteiger partial charge in [0.25, 0.3) is 6.71 Å². The molecule has 2 aromatic heterocycles. The smallest absolute Gasteiger partial charge is 0.252 e. The first kappa shape index (κ1) is 32.7. The summed E-state index contributed by atoms with van der Waals surface area (Å²) < 4.78 is 8.99. The summed E-state index contributed by atoms with van der Waals surface area (Å²) in [5.41, 5.74) is 13.2. The molecule has 0 atom stereocenters. The van der Waals surface area contributed by atoms with Crippen LogP contribution in [-0.4, -0.2) is 19.4 Å². The van der Waals surface area contributed by atoms with E-state index in [1.165, 1.54) is 76.0 Å². The van der Waals surface area contributed by atoms with E-state index in [0.717, 1.165) is 27.6 Å². The molecule has 274 valence electrons. The standard InChI is InChI=1S/C54H35BN2OSi/c1-4-18-37(19-5-1)59(38-20-6-2-7-21-38,39-22-8-3-9-23-39)40-24-14-17-36(33-40)56-47-29-12-11-27-45(47)55-46-28-15-26-42-43-35-52-44(41-25-10-13-32-51(41)58-52)34-50(43)57(54(42)46)49-31-16-30-48(56)53(49)55/h1-35H. The van der Waals surface area contributed by atoms with Gasteiger partial charge in [0.2, 0.25) is 0 Å². The summed E-state index contributed by atoms with van der Waals surface area (Å²) in [6.45, 7) is 0.0765. The summed E-state index contributed by atoms with van der Waals surface area (Å²) in [4.78, 5) is 2.53. The third kappa shape index (κ3) is 4.42. The number of nitrogens with zero attached hydrogens (tertiary/aromatic N) is 2. The predicted molar refractivity (Wildman–Crippen MR) is 251 cm³/mol. The Morgan fingerprint density at radius 1 is 0.390 bits per heavy atom. The van der Waals surface area contributed by atoms with Gasteiger partial charge in [0.15, 0.2) is 8.07 Å². The van der Waals surface area contributed by atoms with Crippen LogP contribution < -0.4 is 42.0 Å². The maximum atomic E-state index is 6.45. The van der Waals surface area contributed by atoms with Gasteiger partial charge in [-0.25, -0.2) is 0 Å². The van der Waals surface area contributed by atoms with Gasteiger partial charge in [-0.3, -0.25) is 0 Å². The second-order valence-corrected chi connectivity index (χ2v) is 19.8. The summed E-state index contributed by atoms with van der Waals surface area (Å²) in [6.07, 6.45) is 0. The lowest BCUT2D eigenvalue weighted by atomic mass is 9.34. The van der Waals surface area contributed by atoms with Crippen molar-refractivity contribution in [1.29, 1.82) is 0 Å². The summed E-state index contributed by atoms with van der Waals surface area (Å²) in [5, 5.41) is 10.2. The predicted octanol–water partition coefficient (Wildman–Crippen LogP) is 8.67. The zero-order valence-corrected chi connectivity index (χ0v) is 33.1.